The van der Waals surface area contributed by atoms with Crippen LogP contribution >= 0.6 is 0 Å². The number of aryl methyl sites for hydroxylation is 1. The predicted octanol–water partition coefficient (Wildman–Crippen LogP) is 1.59. The van der Waals surface area contributed by atoms with Gasteiger partial charge in [-0.05, 0) is 39.2 Å². The number of carbonyl (C=O) groups is 1. The Morgan fingerprint density at radius 1 is 1.47 bits per heavy atom. The Labute approximate surface area is 113 Å². The number of piperidine rings is 2. The lowest BCUT2D eigenvalue weighted by Gasteiger charge is -2.45. The first-order valence-electron chi connectivity index (χ1n) is 7.12. The van der Waals surface area contributed by atoms with Crippen LogP contribution in [0.5, 0.6) is 0 Å². The first-order chi connectivity index (χ1) is 9.19. The zero-order chi connectivity index (χ0) is 13.3. The van der Waals surface area contributed by atoms with Gasteiger partial charge in [0.15, 0.2) is 0 Å². The van der Waals surface area contributed by atoms with Crippen LogP contribution in [0.25, 0.3) is 0 Å². The van der Waals surface area contributed by atoms with Crippen LogP contribution in [-0.4, -0.2) is 42.1 Å². The van der Waals surface area contributed by atoms with E-state index in [4.69, 9.17) is 4.52 Å². The highest BCUT2D eigenvalue weighted by molar-refractivity contribution is 5.91. The fraction of sp³-hybridized carbons (Fsp3) is 0.714. The molecule has 0 saturated carbocycles. The Hall–Kier alpha value is -1.36. The molecule has 1 unspecified atom stereocenters. The zero-order valence-electron chi connectivity index (χ0n) is 11.4. The number of nitrogens with zero attached hydrogens (tertiary/aromatic N) is 2. The van der Waals surface area contributed by atoms with Gasteiger partial charge < -0.3 is 14.7 Å². The molecule has 5 heteroatoms. The quantitative estimate of drug-likeness (QED) is 0.836. The van der Waals surface area contributed by atoms with Gasteiger partial charge in [-0.3, -0.25) is 4.79 Å². The number of carbonyl (C=O) groups excluding carboxylic acids is 1. The number of amides is 1. The van der Waals surface area contributed by atoms with Gasteiger partial charge in [0.05, 0.1) is 5.69 Å². The third-order valence-electron chi connectivity index (χ3n) is 4.35. The molecule has 2 aliphatic heterocycles. The lowest BCUT2D eigenvalue weighted by atomic mass is 9.74. The maximum absolute atomic E-state index is 12.4. The molecule has 0 bridgehead atoms. The van der Waals surface area contributed by atoms with Crippen LogP contribution in [0, 0.1) is 12.3 Å². The van der Waals surface area contributed by atoms with Gasteiger partial charge in [-0.15, -0.1) is 0 Å². The minimum atomic E-state index is -0.00903. The lowest BCUT2D eigenvalue weighted by Crippen LogP contribution is -2.52. The molecule has 1 amide bonds. The molecule has 2 fully saturated rings. The number of hydrogen-bond donors (Lipinski definition) is 1. The highest BCUT2D eigenvalue weighted by Crippen LogP contribution is 2.36. The molecule has 0 radical (unpaired) electrons. The van der Waals surface area contributed by atoms with Crippen LogP contribution in [0.3, 0.4) is 0 Å². The molecule has 2 aliphatic rings. The molecule has 0 aromatic carbocycles. The van der Waals surface area contributed by atoms with Gasteiger partial charge in [-0.2, -0.15) is 0 Å². The molecule has 0 aliphatic carbocycles. The van der Waals surface area contributed by atoms with Crippen molar-refractivity contribution in [2.45, 2.75) is 32.6 Å². The summed E-state index contributed by atoms with van der Waals surface area (Å²) in [4.78, 5) is 14.4. The smallest absolute Gasteiger partial charge is 0.292 e. The topological polar surface area (TPSA) is 58.4 Å². The molecule has 1 aromatic heterocycles. The number of hydrogen-bond acceptors (Lipinski definition) is 4. The van der Waals surface area contributed by atoms with Crippen LogP contribution in [0.1, 0.15) is 41.9 Å². The Balaban J connectivity index is 1.72. The fourth-order valence-corrected chi connectivity index (χ4v) is 3.38. The van der Waals surface area contributed by atoms with Crippen molar-refractivity contribution < 1.29 is 9.32 Å². The van der Waals surface area contributed by atoms with Crippen molar-refractivity contribution in [3.63, 3.8) is 0 Å². The van der Waals surface area contributed by atoms with Gasteiger partial charge >= 0.3 is 0 Å². The maximum Gasteiger partial charge on any atom is 0.292 e. The van der Waals surface area contributed by atoms with E-state index in [1.165, 1.54) is 19.3 Å². The minimum Gasteiger partial charge on any atom is -0.351 e. The van der Waals surface area contributed by atoms with Gasteiger partial charge in [-0.1, -0.05) is 5.16 Å². The normalized spacial score (nSPS) is 27.7. The zero-order valence-corrected chi connectivity index (χ0v) is 11.4. The van der Waals surface area contributed by atoms with Crippen molar-refractivity contribution in [1.82, 2.24) is 15.4 Å². The average Bonchev–Trinajstić information content (AvgIpc) is 2.85. The van der Waals surface area contributed by atoms with Crippen molar-refractivity contribution in [3.05, 3.63) is 17.5 Å². The van der Waals surface area contributed by atoms with Crippen LogP contribution in [0.2, 0.25) is 0 Å². The molecule has 1 N–H and O–H groups in total. The Morgan fingerprint density at radius 2 is 2.32 bits per heavy atom. The first kappa shape index (κ1) is 12.7. The third-order valence-corrected chi connectivity index (χ3v) is 4.35. The first-order valence-corrected chi connectivity index (χ1v) is 7.12. The molecule has 2 saturated heterocycles. The number of aromatic nitrogens is 1. The van der Waals surface area contributed by atoms with Gasteiger partial charge in [0.25, 0.3) is 5.91 Å². The fourth-order valence-electron chi connectivity index (χ4n) is 3.38. The summed E-state index contributed by atoms with van der Waals surface area (Å²) in [6.07, 6.45) is 4.74. The summed E-state index contributed by atoms with van der Waals surface area (Å²) in [7, 11) is 0. The molecular formula is C14H21N3O2. The molecule has 19 heavy (non-hydrogen) atoms. The van der Waals surface area contributed by atoms with Crippen molar-refractivity contribution in [2.75, 3.05) is 26.2 Å². The number of nitrogens with one attached hydrogen (secondary N) is 1. The minimum absolute atomic E-state index is 0.00903. The molecular weight excluding hydrogens is 242 g/mol. The van der Waals surface area contributed by atoms with Crippen LogP contribution in [0.15, 0.2) is 10.6 Å². The molecule has 3 heterocycles. The molecule has 1 spiro atoms. The van der Waals surface area contributed by atoms with E-state index < -0.39 is 0 Å². The Morgan fingerprint density at radius 3 is 3.00 bits per heavy atom. The van der Waals surface area contributed by atoms with Gasteiger partial charge in [0.1, 0.15) is 0 Å². The highest BCUT2D eigenvalue weighted by Gasteiger charge is 2.38. The molecule has 1 aromatic rings. The van der Waals surface area contributed by atoms with E-state index in [-0.39, 0.29) is 11.3 Å². The Bertz CT molecular complexity index is 458. The van der Waals surface area contributed by atoms with Crippen molar-refractivity contribution in [1.29, 1.82) is 0 Å². The average molecular weight is 263 g/mol. The van der Waals surface area contributed by atoms with E-state index in [0.29, 0.717) is 5.76 Å². The largest absolute Gasteiger partial charge is 0.351 e. The summed E-state index contributed by atoms with van der Waals surface area (Å²) in [5.74, 6) is 0.364. The van der Waals surface area contributed by atoms with E-state index in [2.05, 4.69) is 10.5 Å². The van der Waals surface area contributed by atoms with E-state index in [9.17, 15) is 4.79 Å². The number of rotatable bonds is 1. The van der Waals surface area contributed by atoms with Crippen molar-refractivity contribution in [2.24, 2.45) is 5.41 Å². The van der Waals surface area contributed by atoms with Gasteiger partial charge in [0, 0.05) is 31.1 Å². The summed E-state index contributed by atoms with van der Waals surface area (Å²) in [6, 6.07) is 1.72. The second-order valence-corrected chi connectivity index (χ2v) is 5.94. The summed E-state index contributed by atoms with van der Waals surface area (Å²) in [5.41, 5.74) is 1.04. The second kappa shape index (κ2) is 4.96. The van der Waals surface area contributed by atoms with Crippen molar-refractivity contribution >= 4 is 5.91 Å². The van der Waals surface area contributed by atoms with E-state index in [1.807, 2.05) is 11.8 Å². The predicted molar refractivity (Wildman–Crippen MR) is 70.9 cm³/mol. The van der Waals surface area contributed by atoms with Gasteiger partial charge in [0.2, 0.25) is 5.76 Å². The third kappa shape index (κ3) is 2.52. The van der Waals surface area contributed by atoms with Crippen LogP contribution in [0.4, 0.5) is 0 Å². The summed E-state index contributed by atoms with van der Waals surface area (Å²) in [5, 5.41) is 7.28. The number of likely N-dealkylation sites (tertiary alicyclic amines) is 1. The summed E-state index contributed by atoms with van der Waals surface area (Å²) >= 11 is 0. The monoisotopic (exact) mass is 263 g/mol. The van der Waals surface area contributed by atoms with E-state index in [1.54, 1.807) is 6.07 Å². The summed E-state index contributed by atoms with van der Waals surface area (Å²) in [6.45, 7) is 5.66. The van der Waals surface area contributed by atoms with E-state index >= 15 is 0 Å². The SMILES string of the molecule is Cc1cc(C(=O)N2CCCC3(CCCNC3)C2)on1. The molecule has 5 nitrogen and oxygen atoms in total. The van der Waals surface area contributed by atoms with Crippen molar-refractivity contribution in [3.8, 4) is 0 Å². The van der Waals surface area contributed by atoms with Crippen LogP contribution < -0.4 is 5.32 Å². The van der Waals surface area contributed by atoms with Crippen LogP contribution in [-0.2, 0) is 0 Å². The Kier molecular flexibility index (Phi) is 3.31. The lowest BCUT2D eigenvalue weighted by molar-refractivity contribution is 0.0401. The molecule has 104 valence electrons. The summed E-state index contributed by atoms with van der Waals surface area (Å²) < 4.78 is 5.10. The van der Waals surface area contributed by atoms with E-state index in [0.717, 1.165) is 38.3 Å². The maximum atomic E-state index is 12.4. The standard InChI is InChI=1S/C14H21N3O2/c1-11-8-12(19-16-11)13(18)17-7-3-5-14(10-17)4-2-6-15-9-14/h8,15H,2-7,9-10H2,1H3. The molecule has 3 rings (SSSR count). The highest BCUT2D eigenvalue weighted by atomic mass is 16.5. The van der Waals surface area contributed by atoms with Gasteiger partial charge in [-0.25, -0.2) is 0 Å². The molecule has 1 atom stereocenters. The second-order valence-electron chi connectivity index (χ2n) is 5.94.